The Morgan fingerprint density at radius 1 is 1.63 bits per heavy atom. The molecule has 0 atom stereocenters. The Labute approximate surface area is 118 Å². The second-order valence-electron chi connectivity index (χ2n) is 3.77. The molecule has 2 heterocycles. The lowest BCUT2D eigenvalue weighted by Crippen LogP contribution is -2.39. The molecule has 0 saturated heterocycles. The number of thiophene rings is 1. The van der Waals surface area contributed by atoms with E-state index in [0.717, 1.165) is 4.21 Å². The third-order valence-electron chi connectivity index (χ3n) is 2.46. The zero-order valence-corrected chi connectivity index (χ0v) is 11.9. The second-order valence-corrected chi connectivity index (χ2v) is 6.07. The zero-order chi connectivity index (χ0) is 14.0. The van der Waals surface area contributed by atoms with Crippen LogP contribution in [0.5, 0.6) is 0 Å². The van der Waals surface area contributed by atoms with E-state index >= 15 is 0 Å². The molecule has 0 aliphatic carbocycles. The smallest absolute Gasteiger partial charge is 0.326 e. The number of thioether (sulfide) groups is 1. The fourth-order valence-corrected chi connectivity index (χ4v) is 3.80. The van der Waals surface area contributed by atoms with E-state index in [1.807, 2.05) is 0 Å². The maximum atomic E-state index is 11.9. The van der Waals surface area contributed by atoms with Crippen molar-refractivity contribution < 1.29 is 14.3 Å². The van der Waals surface area contributed by atoms with Crippen LogP contribution >= 0.6 is 23.1 Å². The van der Waals surface area contributed by atoms with Gasteiger partial charge in [0.2, 0.25) is 5.91 Å². The Kier molecular flexibility index (Phi) is 4.11. The number of hydrogen-bond donors (Lipinski definition) is 2. The SMILES string of the molecule is CCOC(=O)CN1C(=O)CSc2sc(C(=N)N)cc21. The standard InChI is InChI=1S/C11H13N3O3S2/c1-2-17-9(16)4-14-6-3-7(10(12)13)19-11(6)18-5-8(14)15/h3H,2,4-5H2,1H3,(H3,12,13). The van der Waals surface area contributed by atoms with Crippen molar-refractivity contribution in [3.05, 3.63) is 10.9 Å². The van der Waals surface area contributed by atoms with Crippen molar-refractivity contribution in [3.63, 3.8) is 0 Å². The average molecular weight is 299 g/mol. The van der Waals surface area contributed by atoms with Gasteiger partial charge in [-0.25, -0.2) is 0 Å². The lowest BCUT2D eigenvalue weighted by Gasteiger charge is -2.25. The van der Waals surface area contributed by atoms with Gasteiger partial charge in [-0.05, 0) is 13.0 Å². The Bertz CT molecular complexity index is 541. The summed E-state index contributed by atoms with van der Waals surface area (Å²) in [5.41, 5.74) is 6.09. The van der Waals surface area contributed by atoms with Gasteiger partial charge in [0.25, 0.3) is 0 Å². The zero-order valence-electron chi connectivity index (χ0n) is 10.3. The van der Waals surface area contributed by atoms with Gasteiger partial charge in [0.05, 0.1) is 27.1 Å². The minimum atomic E-state index is -0.440. The molecular weight excluding hydrogens is 286 g/mol. The van der Waals surface area contributed by atoms with Crippen LogP contribution in [0.25, 0.3) is 0 Å². The van der Waals surface area contributed by atoms with E-state index in [0.29, 0.717) is 10.6 Å². The number of carbonyl (C=O) groups excluding carboxylic acids is 2. The number of carbonyl (C=O) groups is 2. The molecule has 6 nitrogen and oxygen atoms in total. The quantitative estimate of drug-likeness (QED) is 0.492. The van der Waals surface area contributed by atoms with Gasteiger partial charge in [-0.2, -0.15) is 0 Å². The van der Waals surface area contributed by atoms with Gasteiger partial charge >= 0.3 is 5.97 Å². The first kappa shape index (κ1) is 13.9. The van der Waals surface area contributed by atoms with Crippen molar-refractivity contribution in [2.75, 3.05) is 23.8 Å². The van der Waals surface area contributed by atoms with Crippen molar-refractivity contribution >= 4 is 46.5 Å². The number of hydrogen-bond acceptors (Lipinski definition) is 6. The minimum absolute atomic E-state index is 0.0384. The first-order chi connectivity index (χ1) is 9.02. The van der Waals surface area contributed by atoms with Crippen LogP contribution in [0.4, 0.5) is 5.69 Å². The summed E-state index contributed by atoms with van der Waals surface area (Å²) in [5, 5.41) is 7.42. The van der Waals surface area contributed by atoms with Crippen LogP contribution in [0.2, 0.25) is 0 Å². The van der Waals surface area contributed by atoms with Crippen LogP contribution in [0.1, 0.15) is 11.8 Å². The van der Waals surface area contributed by atoms with Crippen molar-refractivity contribution in [3.8, 4) is 0 Å². The highest BCUT2D eigenvalue weighted by molar-refractivity contribution is 8.02. The van der Waals surface area contributed by atoms with E-state index in [9.17, 15) is 9.59 Å². The normalized spacial score (nSPS) is 14.2. The molecule has 0 unspecified atom stereocenters. The van der Waals surface area contributed by atoms with Crippen molar-refractivity contribution in [1.29, 1.82) is 5.41 Å². The Hall–Kier alpha value is -1.54. The number of nitrogens with zero attached hydrogens (tertiary/aromatic N) is 1. The van der Waals surface area contributed by atoms with Crippen LogP contribution in [0.15, 0.2) is 10.3 Å². The highest BCUT2D eigenvalue weighted by Crippen LogP contribution is 2.41. The number of anilines is 1. The summed E-state index contributed by atoms with van der Waals surface area (Å²) in [4.78, 5) is 25.4. The number of rotatable bonds is 4. The number of fused-ring (bicyclic) bond motifs is 1. The molecule has 102 valence electrons. The van der Waals surface area contributed by atoms with E-state index in [1.54, 1.807) is 13.0 Å². The molecular formula is C11H13N3O3S2. The summed E-state index contributed by atoms with van der Waals surface area (Å²) < 4.78 is 5.76. The fourth-order valence-electron chi connectivity index (χ4n) is 1.64. The van der Waals surface area contributed by atoms with Gasteiger partial charge in [-0.1, -0.05) is 0 Å². The lowest BCUT2D eigenvalue weighted by molar-refractivity contribution is -0.142. The molecule has 0 fully saturated rings. The summed E-state index contributed by atoms with van der Waals surface area (Å²) in [5.74, 6) is -0.337. The number of amidine groups is 1. The molecule has 0 radical (unpaired) electrons. The predicted octanol–water partition coefficient (Wildman–Crippen LogP) is 1.03. The van der Waals surface area contributed by atoms with E-state index in [2.05, 4.69) is 0 Å². The van der Waals surface area contributed by atoms with Crippen molar-refractivity contribution in [2.45, 2.75) is 11.1 Å². The van der Waals surface area contributed by atoms with Gasteiger partial charge in [-0.15, -0.1) is 23.1 Å². The van der Waals surface area contributed by atoms with Crippen LogP contribution < -0.4 is 10.6 Å². The Balaban J connectivity index is 2.27. The molecule has 0 bridgehead atoms. The molecule has 0 saturated carbocycles. The third kappa shape index (κ3) is 2.90. The molecule has 1 aliphatic rings. The van der Waals surface area contributed by atoms with E-state index < -0.39 is 5.97 Å². The maximum absolute atomic E-state index is 11.9. The topological polar surface area (TPSA) is 96.5 Å². The van der Waals surface area contributed by atoms with Crippen molar-refractivity contribution in [1.82, 2.24) is 0 Å². The Morgan fingerprint density at radius 2 is 2.37 bits per heavy atom. The third-order valence-corrected chi connectivity index (χ3v) is 4.87. The van der Waals surface area contributed by atoms with Crippen LogP contribution in [0, 0.1) is 5.41 Å². The minimum Gasteiger partial charge on any atom is -0.465 e. The van der Waals surface area contributed by atoms with Gasteiger partial charge in [0.1, 0.15) is 12.4 Å². The number of amides is 1. The summed E-state index contributed by atoms with van der Waals surface area (Å²) >= 11 is 2.76. The first-order valence-electron chi connectivity index (χ1n) is 5.60. The fraction of sp³-hybridized carbons (Fsp3) is 0.364. The second kappa shape index (κ2) is 5.62. The summed E-state index contributed by atoms with van der Waals surface area (Å²) in [6.07, 6.45) is 0. The highest BCUT2D eigenvalue weighted by atomic mass is 32.2. The van der Waals surface area contributed by atoms with Gasteiger partial charge in [0, 0.05) is 0 Å². The largest absolute Gasteiger partial charge is 0.465 e. The molecule has 1 aromatic rings. The molecule has 1 aromatic heterocycles. The van der Waals surface area contributed by atoms with Gasteiger partial charge in [-0.3, -0.25) is 19.9 Å². The van der Waals surface area contributed by atoms with Crippen molar-refractivity contribution in [2.24, 2.45) is 5.73 Å². The Morgan fingerprint density at radius 3 is 3.00 bits per heavy atom. The maximum Gasteiger partial charge on any atom is 0.326 e. The van der Waals surface area contributed by atoms with Crippen LogP contribution in [-0.2, 0) is 14.3 Å². The van der Waals surface area contributed by atoms with E-state index in [4.69, 9.17) is 15.9 Å². The number of esters is 1. The number of nitrogens with two attached hydrogens (primary N) is 1. The molecule has 19 heavy (non-hydrogen) atoms. The number of ether oxygens (including phenoxy) is 1. The van der Waals surface area contributed by atoms with E-state index in [-0.39, 0.29) is 30.6 Å². The van der Waals surface area contributed by atoms with E-state index in [1.165, 1.54) is 28.0 Å². The average Bonchev–Trinajstić information content (AvgIpc) is 2.77. The lowest BCUT2D eigenvalue weighted by atomic mass is 10.3. The molecule has 3 N–H and O–H groups in total. The number of nitrogen functional groups attached to an aromatic ring is 1. The molecule has 1 aliphatic heterocycles. The van der Waals surface area contributed by atoms with Gasteiger partial charge in [0.15, 0.2) is 0 Å². The number of nitrogens with one attached hydrogen (secondary N) is 1. The first-order valence-corrected chi connectivity index (χ1v) is 7.40. The predicted molar refractivity (Wildman–Crippen MR) is 75.0 cm³/mol. The highest BCUT2D eigenvalue weighted by Gasteiger charge is 2.29. The molecule has 8 heteroatoms. The molecule has 1 amide bonds. The monoisotopic (exact) mass is 299 g/mol. The summed E-state index contributed by atoms with van der Waals surface area (Å²) in [6.45, 7) is 1.90. The summed E-state index contributed by atoms with van der Waals surface area (Å²) in [7, 11) is 0. The van der Waals surface area contributed by atoms with Gasteiger partial charge < -0.3 is 10.5 Å². The molecule has 0 aromatic carbocycles. The van der Waals surface area contributed by atoms with Crippen LogP contribution in [-0.4, -0.2) is 36.6 Å². The molecule has 2 rings (SSSR count). The molecule has 0 spiro atoms. The summed E-state index contributed by atoms with van der Waals surface area (Å²) in [6, 6.07) is 1.67. The van der Waals surface area contributed by atoms with Crippen LogP contribution in [0.3, 0.4) is 0 Å².